The minimum Gasteiger partial charge on any atom is -0.508 e. The molecule has 0 aliphatic carbocycles. The molecule has 4 nitrogen and oxygen atoms in total. The maximum atomic E-state index is 11.1. The summed E-state index contributed by atoms with van der Waals surface area (Å²) in [4.78, 5) is 11.1. The van der Waals surface area contributed by atoms with Crippen LogP contribution in [0.3, 0.4) is 0 Å². The molecule has 100 valence electrons. The summed E-state index contributed by atoms with van der Waals surface area (Å²) in [5, 5.41) is 18.4. The molecular weight excluding hydrogens is 232 g/mol. The van der Waals surface area contributed by atoms with Crippen molar-refractivity contribution < 1.29 is 19.7 Å². The third-order valence-corrected chi connectivity index (χ3v) is 2.48. The van der Waals surface area contributed by atoms with Crippen LogP contribution in [0.4, 0.5) is 0 Å². The molecule has 0 saturated carbocycles. The average Bonchev–Trinajstić information content (AvgIpc) is 2.22. The molecule has 0 aliphatic rings. The minimum atomic E-state index is -0.856. The van der Waals surface area contributed by atoms with E-state index in [9.17, 15) is 9.90 Å². The van der Waals surface area contributed by atoms with Gasteiger partial charge in [0.05, 0.1) is 5.92 Å². The zero-order valence-corrected chi connectivity index (χ0v) is 11.0. The van der Waals surface area contributed by atoms with Crippen molar-refractivity contribution in [3.05, 3.63) is 24.3 Å². The van der Waals surface area contributed by atoms with Crippen molar-refractivity contribution in [1.29, 1.82) is 0 Å². The molecule has 0 spiro atoms. The molecule has 0 bridgehead atoms. The largest absolute Gasteiger partial charge is 0.508 e. The quantitative estimate of drug-likeness (QED) is 0.845. The van der Waals surface area contributed by atoms with Crippen LogP contribution in [0.15, 0.2) is 24.3 Å². The lowest BCUT2D eigenvalue weighted by atomic mass is 9.85. The second-order valence-electron chi connectivity index (χ2n) is 5.61. The van der Waals surface area contributed by atoms with Crippen LogP contribution < -0.4 is 4.74 Å². The summed E-state index contributed by atoms with van der Waals surface area (Å²) in [6.45, 7) is 6.10. The van der Waals surface area contributed by atoms with Crippen molar-refractivity contribution in [2.75, 3.05) is 6.61 Å². The molecule has 0 heterocycles. The van der Waals surface area contributed by atoms with Gasteiger partial charge in [0.25, 0.3) is 0 Å². The maximum absolute atomic E-state index is 11.1. The molecular formula is C14H20O4. The number of hydrogen-bond acceptors (Lipinski definition) is 3. The first-order valence-electron chi connectivity index (χ1n) is 5.92. The standard InChI is InChI=1S/C14H20O4/c1-14(2,3)8-10(13(16)17)9-18-12-6-4-5-11(15)7-12/h4-7,10,15H,8-9H2,1-3H3,(H,16,17). The number of carboxylic acid groups (broad SMARTS) is 1. The highest BCUT2D eigenvalue weighted by Crippen LogP contribution is 2.26. The monoisotopic (exact) mass is 252 g/mol. The summed E-state index contributed by atoms with van der Waals surface area (Å²) in [5.41, 5.74) is -0.0642. The molecule has 0 aliphatic heterocycles. The molecule has 0 fully saturated rings. The number of phenolic OH excluding ortho intramolecular Hbond substituents is 1. The molecule has 1 aromatic rings. The number of carbonyl (C=O) groups is 1. The minimum absolute atomic E-state index is 0.0642. The van der Waals surface area contributed by atoms with Gasteiger partial charge < -0.3 is 14.9 Å². The molecule has 18 heavy (non-hydrogen) atoms. The van der Waals surface area contributed by atoms with Crippen molar-refractivity contribution in [2.45, 2.75) is 27.2 Å². The van der Waals surface area contributed by atoms with Gasteiger partial charge in [0.1, 0.15) is 18.1 Å². The molecule has 4 heteroatoms. The van der Waals surface area contributed by atoms with Crippen LogP contribution in [0, 0.1) is 11.3 Å². The van der Waals surface area contributed by atoms with E-state index < -0.39 is 11.9 Å². The third-order valence-electron chi connectivity index (χ3n) is 2.48. The lowest BCUT2D eigenvalue weighted by molar-refractivity contribution is -0.143. The van der Waals surface area contributed by atoms with Crippen LogP contribution in [0.25, 0.3) is 0 Å². The Bertz CT molecular complexity index is 407. The van der Waals surface area contributed by atoms with Crippen molar-refractivity contribution >= 4 is 5.97 Å². The first kappa shape index (κ1) is 14.4. The predicted molar refractivity (Wildman–Crippen MR) is 68.8 cm³/mol. The van der Waals surface area contributed by atoms with Gasteiger partial charge in [-0.2, -0.15) is 0 Å². The van der Waals surface area contributed by atoms with E-state index in [0.717, 1.165) is 0 Å². The second-order valence-corrected chi connectivity index (χ2v) is 5.61. The fourth-order valence-corrected chi connectivity index (χ4v) is 1.73. The van der Waals surface area contributed by atoms with Gasteiger partial charge in [0.15, 0.2) is 0 Å². The van der Waals surface area contributed by atoms with Crippen LogP contribution in [-0.2, 0) is 4.79 Å². The van der Waals surface area contributed by atoms with E-state index in [1.807, 2.05) is 20.8 Å². The average molecular weight is 252 g/mol. The highest BCUT2D eigenvalue weighted by atomic mass is 16.5. The number of hydrogen-bond donors (Lipinski definition) is 2. The maximum Gasteiger partial charge on any atom is 0.309 e. The molecule has 0 amide bonds. The van der Waals surface area contributed by atoms with Gasteiger partial charge in [-0.15, -0.1) is 0 Å². The van der Waals surface area contributed by atoms with Crippen LogP contribution in [-0.4, -0.2) is 22.8 Å². The highest BCUT2D eigenvalue weighted by Gasteiger charge is 2.25. The van der Waals surface area contributed by atoms with Crippen molar-refractivity contribution in [1.82, 2.24) is 0 Å². The van der Waals surface area contributed by atoms with Crippen molar-refractivity contribution in [3.8, 4) is 11.5 Å². The summed E-state index contributed by atoms with van der Waals surface area (Å²) < 4.78 is 5.42. The summed E-state index contributed by atoms with van der Waals surface area (Å²) in [7, 11) is 0. The molecule has 0 radical (unpaired) electrons. The van der Waals surface area contributed by atoms with Gasteiger partial charge in [-0.3, -0.25) is 4.79 Å². The van der Waals surface area contributed by atoms with Gasteiger partial charge in [0.2, 0.25) is 0 Å². The van der Waals surface area contributed by atoms with Crippen LogP contribution in [0.2, 0.25) is 0 Å². The van der Waals surface area contributed by atoms with Crippen LogP contribution in [0.1, 0.15) is 27.2 Å². The predicted octanol–water partition coefficient (Wildman–Crippen LogP) is 2.91. The first-order chi connectivity index (χ1) is 8.28. The highest BCUT2D eigenvalue weighted by molar-refractivity contribution is 5.70. The van der Waals surface area contributed by atoms with E-state index in [1.54, 1.807) is 12.1 Å². The molecule has 1 rings (SSSR count). The molecule has 2 N–H and O–H groups in total. The number of carboxylic acids is 1. The Morgan fingerprint density at radius 3 is 2.56 bits per heavy atom. The fourth-order valence-electron chi connectivity index (χ4n) is 1.73. The lowest BCUT2D eigenvalue weighted by Gasteiger charge is -2.23. The SMILES string of the molecule is CC(C)(C)CC(COc1cccc(O)c1)C(=O)O. The number of phenols is 1. The Kier molecular flexibility index (Phi) is 4.59. The van der Waals surface area contributed by atoms with Crippen LogP contribution in [0.5, 0.6) is 11.5 Å². The Morgan fingerprint density at radius 1 is 1.39 bits per heavy atom. The summed E-state index contributed by atoms with van der Waals surface area (Å²) in [6, 6.07) is 6.35. The van der Waals surface area contributed by atoms with E-state index in [4.69, 9.17) is 9.84 Å². The lowest BCUT2D eigenvalue weighted by Crippen LogP contribution is -2.26. The van der Waals surface area contributed by atoms with E-state index in [2.05, 4.69) is 0 Å². The molecule has 1 unspecified atom stereocenters. The van der Waals surface area contributed by atoms with E-state index in [1.165, 1.54) is 12.1 Å². The van der Waals surface area contributed by atoms with Crippen LogP contribution >= 0.6 is 0 Å². The fraction of sp³-hybridized carbons (Fsp3) is 0.500. The number of benzene rings is 1. The number of ether oxygens (including phenoxy) is 1. The smallest absolute Gasteiger partial charge is 0.309 e. The summed E-state index contributed by atoms with van der Waals surface area (Å²) in [6.07, 6.45) is 0.543. The van der Waals surface area contributed by atoms with E-state index in [-0.39, 0.29) is 17.8 Å². The normalized spacial score (nSPS) is 13.1. The Morgan fingerprint density at radius 2 is 2.06 bits per heavy atom. The summed E-state index contributed by atoms with van der Waals surface area (Å²) in [5.74, 6) is -0.817. The van der Waals surface area contributed by atoms with Crippen molar-refractivity contribution in [2.24, 2.45) is 11.3 Å². The Balaban J connectivity index is 2.60. The summed E-state index contributed by atoms with van der Waals surface area (Å²) >= 11 is 0. The second kappa shape index (κ2) is 5.76. The van der Waals surface area contributed by atoms with Gasteiger partial charge in [0, 0.05) is 6.07 Å². The Labute approximate surface area is 107 Å². The van der Waals surface area contributed by atoms with Gasteiger partial charge >= 0.3 is 5.97 Å². The third kappa shape index (κ3) is 5.08. The number of aromatic hydroxyl groups is 1. The zero-order valence-electron chi connectivity index (χ0n) is 11.0. The number of aliphatic carboxylic acids is 1. The van der Waals surface area contributed by atoms with E-state index >= 15 is 0 Å². The molecule has 1 atom stereocenters. The zero-order chi connectivity index (χ0) is 13.8. The molecule has 1 aromatic carbocycles. The molecule has 0 aromatic heterocycles. The Hall–Kier alpha value is -1.71. The first-order valence-corrected chi connectivity index (χ1v) is 5.92. The van der Waals surface area contributed by atoms with E-state index in [0.29, 0.717) is 12.2 Å². The van der Waals surface area contributed by atoms with Crippen molar-refractivity contribution in [3.63, 3.8) is 0 Å². The van der Waals surface area contributed by atoms with Gasteiger partial charge in [-0.1, -0.05) is 26.8 Å². The number of rotatable bonds is 5. The van der Waals surface area contributed by atoms with Gasteiger partial charge in [-0.25, -0.2) is 0 Å². The topological polar surface area (TPSA) is 66.8 Å². The van der Waals surface area contributed by atoms with Gasteiger partial charge in [-0.05, 0) is 24.0 Å². The molecule has 0 saturated heterocycles.